The number of rotatable bonds is 8. The van der Waals surface area contributed by atoms with E-state index in [9.17, 15) is 4.79 Å². The summed E-state index contributed by atoms with van der Waals surface area (Å²) in [5.74, 6) is 1.65. The summed E-state index contributed by atoms with van der Waals surface area (Å²) in [4.78, 5) is 19.1. The van der Waals surface area contributed by atoms with Gasteiger partial charge in [-0.2, -0.15) is 0 Å². The van der Waals surface area contributed by atoms with Gasteiger partial charge in [0, 0.05) is 26.2 Å². The van der Waals surface area contributed by atoms with E-state index in [2.05, 4.69) is 29.3 Å². The number of halogens is 1. The van der Waals surface area contributed by atoms with Crippen molar-refractivity contribution in [2.75, 3.05) is 39.9 Å². The van der Waals surface area contributed by atoms with Crippen molar-refractivity contribution in [2.24, 2.45) is 10.9 Å². The van der Waals surface area contributed by atoms with Crippen LogP contribution < -0.4 is 10.1 Å². The van der Waals surface area contributed by atoms with Crippen LogP contribution in [-0.4, -0.2) is 56.7 Å². The minimum atomic E-state index is -0.0870. The molecule has 0 radical (unpaired) electrons. The van der Waals surface area contributed by atoms with Gasteiger partial charge < -0.3 is 19.7 Å². The van der Waals surface area contributed by atoms with E-state index in [1.54, 1.807) is 7.11 Å². The first kappa shape index (κ1) is 24.5. The molecule has 1 aliphatic heterocycles. The average Bonchev–Trinajstić information content (AvgIpc) is 2.70. The number of nitrogens with zero attached hydrogens (tertiary/aromatic N) is 2. The Labute approximate surface area is 186 Å². The molecule has 1 unspecified atom stereocenters. The molecular formula is C21H34IN3O3. The van der Waals surface area contributed by atoms with Crippen LogP contribution >= 0.6 is 24.0 Å². The van der Waals surface area contributed by atoms with Crippen molar-refractivity contribution in [3.63, 3.8) is 0 Å². The Hall–Kier alpha value is -1.51. The second-order valence-electron chi connectivity index (χ2n) is 6.73. The number of guanidine groups is 1. The lowest BCUT2D eigenvalue weighted by molar-refractivity contribution is -0.149. The van der Waals surface area contributed by atoms with Crippen LogP contribution in [0.4, 0.5) is 0 Å². The number of benzene rings is 1. The van der Waals surface area contributed by atoms with Gasteiger partial charge in [-0.3, -0.25) is 9.79 Å². The Morgan fingerprint density at radius 2 is 2.18 bits per heavy atom. The molecule has 158 valence electrons. The topological polar surface area (TPSA) is 63.2 Å². The molecule has 0 spiro atoms. The van der Waals surface area contributed by atoms with Crippen molar-refractivity contribution in [1.29, 1.82) is 0 Å². The van der Waals surface area contributed by atoms with E-state index in [0.717, 1.165) is 57.0 Å². The maximum Gasteiger partial charge on any atom is 0.310 e. The van der Waals surface area contributed by atoms with Crippen molar-refractivity contribution in [3.05, 3.63) is 29.8 Å². The number of piperidine rings is 1. The summed E-state index contributed by atoms with van der Waals surface area (Å²) in [5.41, 5.74) is 1.26. The second kappa shape index (κ2) is 13.6. The van der Waals surface area contributed by atoms with Gasteiger partial charge in [0.05, 0.1) is 19.6 Å². The monoisotopic (exact) mass is 503 g/mol. The van der Waals surface area contributed by atoms with Gasteiger partial charge in [0.15, 0.2) is 5.96 Å². The molecule has 1 N–H and O–H groups in total. The summed E-state index contributed by atoms with van der Waals surface area (Å²) < 4.78 is 10.5. The van der Waals surface area contributed by atoms with Gasteiger partial charge in [-0.15, -0.1) is 24.0 Å². The number of carbonyl (C=O) groups is 1. The highest BCUT2D eigenvalue weighted by atomic mass is 127. The van der Waals surface area contributed by atoms with E-state index >= 15 is 0 Å². The Kier molecular flexibility index (Phi) is 11.9. The number of carbonyl (C=O) groups excluding carboxylic acids is 1. The standard InChI is InChI=1S/C21H33N3O3.HI/c1-4-22-21(24-14-8-11-18(16-24)20(25)27-5-2)23-13-7-10-17-9-6-12-19(15-17)26-3;/h6,9,12,15,18H,4-5,7-8,10-11,13-14,16H2,1-3H3,(H,22,23);1H. The van der Waals surface area contributed by atoms with Crippen LogP contribution in [0.25, 0.3) is 0 Å². The Balaban J connectivity index is 0.00000392. The van der Waals surface area contributed by atoms with E-state index in [4.69, 9.17) is 14.5 Å². The third-order valence-electron chi connectivity index (χ3n) is 4.70. The zero-order valence-electron chi connectivity index (χ0n) is 17.3. The smallest absolute Gasteiger partial charge is 0.310 e. The van der Waals surface area contributed by atoms with E-state index in [1.165, 1.54) is 5.56 Å². The summed E-state index contributed by atoms with van der Waals surface area (Å²) in [6.45, 7) is 7.53. The van der Waals surface area contributed by atoms with Gasteiger partial charge in [-0.05, 0) is 57.2 Å². The van der Waals surface area contributed by atoms with Gasteiger partial charge in [0.25, 0.3) is 0 Å². The number of esters is 1. The number of hydrogen-bond donors (Lipinski definition) is 1. The zero-order valence-corrected chi connectivity index (χ0v) is 19.6. The molecule has 1 atom stereocenters. The lowest BCUT2D eigenvalue weighted by atomic mass is 9.98. The maximum atomic E-state index is 12.1. The van der Waals surface area contributed by atoms with Crippen LogP contribution in [-0.2, 0) is 16.0 Å². The van der Waals surface area contributed by atoms with Crippen molar-refractivity contribution < 1.29 is 14.3 Å². The van der Waals surface area contributed by atoms with Crippen LogP contribution in [0.1, 0.15) is 38.7 Å². The van der Waals surface area contributed by atoms with E-state index in [1.807, 2.05) is 19.1 Å². The third-order valence-corrected chi connectivity index (χ3v) is 4.70. The number of ether oxygens (including phenoxy) is 2. The van der Waals surface area contributed by atoms with Crippen LogP contribution in [0.5, 0.6) is 5.75 Å². The fourth-order valence-corrected chi connectivity index (χ4v) is 3.34. The Bertz CT molecular complexity index is 625. The number of hydrogen-bond acceptors (Lipinski definition) is 4. The van der Waals surface area contributed by atoms with E-state index < -0.39 is 0 Å². The average molecular weight is 503 g/mol. The SMILES string of the molecule is CCNC(=NCCCc1cccc(OC)c1)N1CCCC(C(=O)OCC)C1.I. The van der Waals surface area contributed by atoms with Crippen LogP contribution in [0.3, 0.4) is 0 Å². The summed E-state index contributed by atoms with van der Waals surface area (Å²) >= 11 is 0. The molecule has 0 saturated carbocycles. The first-order valence-electron chi connectivity index (χ1n) is 10.0. The summed E-state index contributed by atoms with van der Waals surface area (Å²) in [5, 5.41) is 3.36. The molecule has 0 aromatic heterocycles. The normalized spacial score (nSPS) is 16.9. The van der Waals surface area contributed by atoms with Gasteiger partial charge in [-0.1, -0.05) is 12.1 Å². The largest absolute Gasteiger partial charge is 0.497 e. The van der Waals surface area contributed by atoms with Gasteiger partial charge >= 0.3 is 5.97 Å². The van der Waals surface area contributed by atoms with Crippen molar-refractivity contribution >= 4 is 35.9 Å². The molecule has 1 aromatic rings. The molecule has 1 fully saturated rings. The minimum Gasteiger partial charge on any atom is -0.497 e. The van der Waals surface area contributed by atoms with Crippen LogP contribution in [0.15, 0.2) is 29.3 Å². The fourth-order valence-electron chi connectivity index (χ4n) is 3.34. The molecule has 1 heterocycles. The number of nitrogens with one attached hydrogen (secondary N) is 1. The third kappa shape index (κ3) is 7.85. The molecule has 2 rings (SSSR count). The molecule has 0 aliphatic carbocycles. The summed E-state index contributed by atoms with van der Waals surface area (Å²) in [7, 11) is 1.69. The highest BCUT2D eigenvalue weighted by Gasteiger charge is 2.28. The molecule has 6 nitrogen and oxygen atoms in total. The highest BCUT2D eigenvalue weighted by molar-refractivity contribution is 14.0. The molecule has 1 aliphatic rings. The first-order valence-corrected chi connectivity index (χ1v) is 10.0. The molecule has 0 amide bonds. The van der Waals surface area contributed by atoms with Gasteiger partial charge in [-0.25, -0.2) is 0 Å². The van der Waals surface area contributed by atoms with Gasteiger partial charge in [0.1, 0.15) is 5.75 Å². The molecular weight excluding hydrogens is 469 g/mol. The predicted molar refractivity (Wildman–Crippen MR) is 124 cm³/mol. The molecule has 1 saturated heterocycles. The van der Waals surface area contributed by atoms with Crippen LogP contribution in [0.2, 0.25) is 0 Å². The Morgan fingerprint density at radius 3 is 2.89 bits per heavy atom. The zero-order chi connectivity index (χ0) is 19.5. The van der Waals surface area contributed by atoms with E-state index in [0.29, 0.717) is 13.2 Å². The van der Waals surface area contributed by atoms with Crippen LogP contribution in [0, 0.1) is 5.92 Å². The number of aryl methyl sites for hydroxylation is 1. The number of aliphatic imine (C=N–C) groups is 1. The fraction of sp³-hybridized carbons (Fsp3) is 0.619. The lowest BCUT2D eigenvalue weighted by Gasteiger charge is -2.34. The van der Waals surface area contributed by atoms with Crippen molar-refractivity contribution in [1.82, 2.24) is 10.2 Å². The Morgan fingerprint density at radius 1 is 1.36 bits per heavy atom. The van der Waals surface area contributed by atoms with Crippen molar-refractivity contribution in [3.8, 4) is 5.75 Å². The lowest BCUT2D eigenvalue weighted by Crippen LogP contribution is -2.48. The highest BCUT2D eigenvalue weighted by Crippen LogP contribution is 2.18. The molecule has 1 aromatic carbocycles. The maximum absolute atomic E-state index is 12.1. The van der Waals surface area contributed by atoms with E-state index in [-0.39, 0.29) is 35.9 Å². The summed E-state index contributed by atoms with van der Waals surface area (Å²) in [6.07, 6.45) is 3.81. The summed E-state index contributed by atoms with van der Waals surface area (Å²) in [6, 6.07) is 8.17. The second-order valence-corrected chi connectivity index (χ2v) is 6.73. The molecule has 28 heavy (non-hydrogen) atoms. The molecule has 7 heteroatoms. The minimum absolute atomic E-state index is 0. The predicted octanol–water partition coefficient (Wildman–Crippen LogP) is 3.49. The first-order chi connectivity index (χ1) is 13.2. The van der Waals surface area contributed by atoms with Gasteiger partial charge in [0.2, 0.25) is 0 Å². The van der Waals surface area contributed by atoms with Crippen molar-refractivity contribution in [2.45, 2.75) is 39.5 Å². The number of likely N-dealkylation sites (tertiary alicyclic amines) is 1. The number of methoxy groups -OCH3 is 1. The molecule has 0 bridgehead atoms. The quantitative estimate of drug-likeness (QED) is 0.194.